The summed E-state index contributed by atoms with van der Waals surface area (Å²) in [6.45, 7) is 5.16. The van der Waals surface area contributed by atoms with E-state index >= 15 is 0 Å². The minimum atomic E-state index is 0.00126. The largest absolute Gasteiger partial charge is 0.496 e. The van der Waals surface area contributed by atoms with Gasteiger partial charge in [0.25, 0.3) is 0 Å². The fourth-order valence-electron chi connectivity index (χ4n) is 4.38. The van der Waals surface area contributed by atoms with Crippen LogP contribution >= 0.6 is 0 Å². The average molecular weight is 492 g/mol. The maximum Gasteiger partial charge on any atom is 0.225 e. The summed E-state index contributed by atoms with van der Waals surface area (Å²) in [5.41, 5.74) is 3.57. The number of rotatable bonds is 10. The Balaban J connectivity index is 1.70. The third-order valence-electron chi connectivity index (χ3n) is 6.11. The smallest absolute Gasteiger partial charge is 0.225 e. The number of ether oxygens (including phenoxy) is 2. The van der Waals surface area contributed by atoms with E-state index in [2.05, 4.69) is 5.10 Å². The number of hydrogen-bond acceptors (Lipinski definition) is 7. The first-order chi connectivity index (χ1) is 17.3. The van der Waals surface area contributed by atoms with Gasteiger partial charge in [-0.15, -0.1) is 0 Å². The highest BCUT2D eigenvalue weighted by atomic mass is 16.5. The Morgan fingerprint density at radius 3 is 2.42 bits per heavy atom. The Hall–Kier alpha value is -4.01. The topological polar surface area (TPSA) is 85.9 Å². The van der Waals surface area contributed by atoms with Gasteiger partial charge in [0.2, 0.25) is 5.91 Å². The van der Waals surface area contributed by atoms with Crippen LogP contribution in [0.2, 0.25) is 0 Å². The van der Waals surface area contributed by atoms with E-state index in [4.69, 9.17) is 18.9 Å². The maximum atomic E-state index is 13.5. The van der Waals surface area contributed by atoms with Gasteiger partial charge < -0.3 is 23.7 Å². The molecule has 0 aliphatic heterocycles. The number of fused-ring (bicyclic) bond motifs is 1. The lowest BCUT2D eigenvalue weighted by molar-refractivity contribution is -0.133. The number of hydrogen-bond donors (Lipinski definition) is 0. The van der Waals surface area contributed by atoms with Crippen LogP contribution < -0.4 is 14.4 Å². The molecule has 3 heterocycles. The standard InChI is InChI=1S/C27H33N5O4/c1-18-14-19(2)32(29-18)12-11-25(33)31(17-21-8-7-13-36-21)16-20-15-22-23(34-5)9-10-24(35-6)26(22)28-27(20)30(3)4/h7-10,13-15H,11-12,16-17H2,1-6H3. The van der Waals surface area contributed by atoms with Crippen molar-refractivity contribution in [3.05, 3.63) is 65.4 Å². The van der Waals surface area contributed by atoms with Crippen LogP contribution in [0.5, 0.6) is 11.5 Å². The van der Waals surface area contributed by atoms with Crippen molar-refractivity contribution in [1.82, 2.24) is 19.7 Å². The third-order valence-corrected chi connectivity index (χ3v) is 6.11. The molecule has 3 aromatic heterocycles. The Morgan fingerprint density at radius 2 is 1.81 bits per heavy atom. The van der Waals surface area contributed by atoms with Gasteiger partial charge in [-0.2, -0.15) is 5.10 Å². The van der Waals surface area contributed by atoms with Crippen LogP contribution in [0.4, 0.5) is 5.82 Å². The van der Waals surface area contributed by atoms with E-state index in [0.717, 1.165) is 28.2 Å². The number of carbonyl (C=O) groups is 1. The summed E-state index contributed by atoms with van der Waals surface area (Å²) in [7, 11) is 7.13. The molecule has 0 saturated heterocycles. The van der Waals surface area contributed by atoms with Gasteiger partial charge in [0.15, 0.2) is 0 Å². The van der Waals surface area contributed by atoms with Gasteiger partial charge in [-0.1, -0.05) is 0 Å². The second kappa shape index (κ2) is 10.7. The number of furan rings is 1. The summed E-state index contributed by atoms with van der Waals surface area (Å²) in [6, 6.07) is 11.5. The summed E-state index contributed by atoms with van der Waals surface area (Å²) >= 11 is 0. The van der Waals surface area contributed by atoms with Crippen LogP contribution in [0.1, 0.15) is 29.1 Å². The van der Waals surface area contributed by atoms with Crippen molar-refractivity contribution in [2.75, 3.05) is 33.2 Å². The number of benzene rings is 1. The lowest BCUT2D eigenvalue weighted by atomic mass is 10.1. The molecule has 0 aliphatic rings. The van der Waals surface area contributed by atoms with Gasteiger partial charge >= 0.3 is 0 Å². The molecule has 0 unspecified atom stereocenters. The van der Waals surface area contributed by atoms with Gasteiger partial charge in [-0.3, -0.25) is 9.48 Å². The summed E-state index contributed by atoms with van der Waals surface area (Å²) in [5, 5.41) is 5.32. The van der Waals surface area contributed by atoms with Crippen LogP contribution in [0.3, 0.4) is 0 Å². The quantitative estimate of drug-likeness (QED) is 0.326. The zero-order chi connectivity index (χ0) is 25.8. The SMILES string of the molecule is COc1ccc(OC)c2nc(N(C)C)c(CN(Cc3ccco3)C(=O)CCn3nc(C)cc3C)cc12. The summed E-state index contributed by atoms with van der Waals surface area (Å²) in [6.07, 6.45) is 1.94. The minimum Gasteiger partial charge on any atom is -0.496 e. The van der Waals surface area contributed by atoms with Crippen molar-refractivity contribution in [2.45, 2.75) is 39.9 Å². The molecule has 4 rings (SSSR count). The van der Waals surface area contributed by atoms with Crippen LogP contribution in [0.25, 0.3) is 10.9 Å². The third kappa shape index (κ3) is 5.30. The predicted molar refractivity (Wildman–Crippen MR) is 138 cm³/mol. The van der Waals surface area contributed by atoms with Crippen LogP contribution in [-0.4, -0.2) is 53.9 Å². The second-order valence-corrected chi connectivity index (χ2v) is 8.96. The van der Waals surface area contributed by atoms with E-state index in [1.54, 1.807) is 25.4 Å². The second-order valence-electron chi connectivity index (χ2n) is 8.96. The molecule has 9 heteroatoms. The van der Waals surface area contributed by atoms with Gasteiger partial charge in [-0.05, 0) is 50.2 Å². The summed E-state index contributed by atoms with van der Waals surface area (Å²) < 4.78 is 18.6. The zero-order valence-corrected chi connectivity index (χ0v) is 21.7. The zero-order valence-electron chi connectivity index (χ0n) is 21.7. The Labute approximate surface area is 211 Å². The molecule has 0 N–H and O–H groups in total. The molecular formula is C27H33N5O4. The van der Waals surface area contributed by atoms with Gasteiger partial charge in [0.1, 0.15) is 28.6 Å². The summed E-state index contributed by atoms with van der Waals surface area (Å²) in [5.74, 6) is 2.83. The first kappa shape index (κ1) is 25.1. The van der Waals surface area contributed by atoms with Crippen molar-refractivity contribution in [3.8, 4) is 11.5 Å². The molecule has 4 aromatic rings. The van der Waals surface area contributed by atoms with Gasteiger partial charge in [0, 0.05) is 50.2 Å². The highest BCUT2D eigenvalue weighted by molar-refractivity contribution is 5.92. The van der Waals surface area contributed by atoms with E-state index in [-0.39, 0.29) is 5.91 Å². The van der Waals surface area contributed by atoms with E-state index in [1.165, 1.54) is 0 Å². The van der Waals surface area contributed by atoms with Crippen LogP contribution in [0, 0.1) is 13.8 Å². The Kier molecular flexibility index (Phi) is 7.47. The number of anilines is 1. The highest BCUT2D eigenvalue weighted by Gasteiger charge is 2.21. The monoisotopic (exact) mass is 491 g/mol. The van der Waals surface area contributed by atoms with Crippen molar-refractivity contribution in [1.29, 1.82) is 0 Å². The Morgan fingerprint density at radius 1 is 1.06 bits per heavy atom. The predicted octanol–water partition coefficient (Wildman–Crippen LogP) is 4.34. The van der Waals surface area contributed by atoms with Crippen molar-refractivity contribution >= 4 is 22.6 Å². The molecule has 0 saturated carbocycles. The number of methoxy groups -OCH3 is 2. The van der Waals surface area contributed by atoms with E-state index < -0.39 is 0 Å². The van der Waals surface area contributed by atoms with E-state index in [9.17, 15) is 4.79 Å². The average Bonchev–Trinajstić information content (AvgIpc) is 3.49. The molecule has 1 aromatic carbocycles. The molecule has 0 spiro atoms. The van der Waals surface area contributed by atoms with Crippen molar-refractivity contribution in [2.24, 2.45) is 0 Å². The lowest BCUT2D eigenvalue weighted by Crippen LogP contribution is -2.31. The van der Waals surface area contributed by atoms with Crippen molar-refractivity contribution in [3.63, 3.8) is 0 Å². The molecular weight excluding hydrogens is 458 g/mol. The minimum absolute atomic E-state index is 0.00126. The van der Waals surface area contributed by atoms with Gasteiger partial charge in [0.05, 0.1) is 32.7 Å². The van der Waals surface area contributed by atoms with Crippen LogP contribution in [0.15, 0.2) is 47.1 Å². The molecule has 0 aliphatic carbocycles. The molecule has 0 bridgehead atoms. The number of carbonyl (C=O) groups excluding carboxylic acids is 1. The van der Waals surface area contributed by atoms with Crippen molar-refractivity contribution < 1.29 is 18.7 Å². The summed E-state index contributed by atoms with van der Waals surface area (Å²) in [4.78, 5) is 22.2. The highest BCUT2D eigenvalue weighted by Crippen LogP contribution is 2.35. The maximum absolute atomic E-state index is 13.5. The molecule has 0 fully saturated rings. The number of aryl methyl sites for hydroxylation is 3. The molecule has 190 valence electrons. The molecule has 36 heavy (non-hydrogen) atoms. The molecule has 9 nitrogen and oxygen atoms in total. The number of amides is 1. The first-order valence-electron chi connectivity index (χ1n) is 11.8. The molecule has 1 amide bonds. The fourth-order valence-corrected chi connectivity index (χ4v) is 4.38. The van der Waals surface area contributed by atoms with E-state index in [0.29, 0.717) is 48.8 Å². The van der Waals surface area contributed by atoms with Crippen LogP contribution in [-0.2, 0) is 24.4 Å². The number of nitrogens with zero attached hydrogens (tertiary/aromatic N) is 5. The first-order valence-corrected chi connectivity index (χ1v) is 11.8. The van der Waals surface area contributed by atoms with Gasteiger partial charge in [-0.25, -0.2) is 4.98 Å². The number of aromatic nitrogens is 3. The lowest BCUT2D eigenvalue weighted by Gasteiger charge is -2.25. The Bertz CT molecular complexity index is 1340. The fraction of sp³-hybridized carbons (Fsp3) is 0.370. The molecule has 0 radical (unpaired) electrons. The van der Waals surface area contributed by atoms with E-state index in [1.807, 2.05) is 73.9 Å². The number of pyridine rings is 1. The molecule has 0 atom stereocenters. The normalized spacial score (nSPS) is 11.1.